The predicted octanol–water partition coefficient (Wildman–Crippen LogP) is 9.57. The molecule has 0 bridgehead atoms. The molecule has 0 aliphatic carbocycles. The molecule has 0 aliphatic rings. The quantitative estimate of drug-likeness (QED) is 0.102. The molecule has 0 atom stereocenters. The Morgan fingerprint density at radius 2 is 0.500 bits per heavy atom. The maximum absolute atomic E-state index is 2.30. The standard InChI is InChI=1S/C25H51.Sb/c1-3-5-7-9-11-13-15-17-19-21-23-25-24-22-20-18-16-14-12-10-8-6-4-2;/h1,3-25H2,2H3;. The van der Waals surface area contributed by atoms with Gasteiger partial charge in [0.15, 0.2) is 0 Å². The second kappa shape index (κ2) is 25.8. The van der Waals surface area contributed by atoms with Crippen LogP contribution in [0.3, 0.4) is 0 Å². The van der Waals surface area contributed by atoms with Crippen molar-refractivity contribution in [2.75, 3.05) is 0 Å². The summed E-state index contributed by atoms with van der Waals surface area (Å²) in [5, 5.41) is 0. The molecule has 0 rings (SSSR count). The van der Waals surface area contributed by atoms with Gasteiger partial charge < -0.3 is 0 Å². The molecule has 2 radical (unpaired) electrons. The van der Waals surface area contributed by atoms with Gasteiger partial charge in [0, 0.05) is 0 Å². The van der Waals surface area contributed by atoms with Gasteiger partial charge in [-0.3, -0.25) is 0 Å². The van der Waals surface area contributed by atoms with Gasteiger partial charge in [0.2, 0.25) is 0 Å². The average Bonchev–Trinajstić information content (AvgIpc) is 2.66. The monoisotopic (exact) mass is 472 g/mol. The van der Waals surface area contributed by atoms with E-state index in [1.54, 1.807) is 0 Å². The first-order chi connectivity index (χ1) is 12.9. The molecule has 0 unspecified atom stereocenters. The van der Waals surface area contributed by atoms with Crippen LogP contribution in [0.4, 0.5) is 0 Å². The molecule has 26 heavy (non-hydrogen) atoms. The SMILES string of the molecule is CCCCCCCCCCCCCCCCCCCCCCCC[CH2][Sb]. The van der Waals surface area contributed by atoms with Crippen LogP contribution in [0.5, 0.6) is 0 Å². The second-order valence-corrected chi connectivity index (χ2v) is 9.78. The van der Waals surface area contributed by atoms with Crippen molar-refractivity contribution in [1.29, 1.82) is 0 Å². The van der Waals surface area contributed by atoms with Crippen molar-refractivity contribution in [3.05, 3.63) is 0 Å². The molecule has 0 fully saturated rings. The van der Waals surface area contributed by atoms with Crippen molar-refractivity contribution in [2.45, 2.75) is 159 Å². The number of hydrogen-bond donors (Lipinski definition) is 0. The van der Waals surface area contributed by atoms with E-state index in [0.717, 1.165) is 0 Å². The van der Waals surface area contributed by atoms with Crippen LogP contribution in [0.2, 0.25) is 4.37 Å². The van der Waals surface area contributed by atoms with Crippen LogP contribution < -0.4 is 0 Å². The third-order valence-corrected chi connectivity index (χ3v) is 6.66. The van der Waals surface area contributed by atoms with E-state index in [1.807, 2.05) is 23.0 Å². The third kappa shape index (κ3) is 24.8. The van der Waals surface area contributed by atoms with Gasteiger partial charge in [0.1, 0.15) is 0 Å². The van der Waals surface area contributed by atoms with Crippen molar-refractivity contribution in [3.63, 3.8) is 0 Å². The van der Waals surface area contributed by atoms with Gasteiger partial charge in [-0.15, -0.1) is 0 Å². The molecule has 156 valence electrons. The van der Waals surface area contributed by atoms with Crippen LogP contribution in [0.15, 0.2) is 0 Å². The van der Waals surface area contributed by atoms with Crippen LogP contribution in [0.25, 0.3) is 0 Å². The summed E-state index contributed by atoms with van der Waals surface area (Å²) >= 11 is 1.98. The summed E-state index contributed by atoms with van der Waals surface area (Å²) < 4.78 is 1.42. The molecular weight excluding hydrogens is 422 g/mol. The molecular formula is C25H51Sb. The molecule has 0 N–H and O–H groups in total. The molecule has 0 heterocycles. The Hall–Kier alpha value is 0.818. The van der Waals surface area contributed by atoms with E-state index < -0.39 is 0 Å². The van der Waals surface area contributed by atoms with Crippen LogP contribution in [0.1, 0.15) is 155 Å². The summed E-state index contributed by atoms with van der Waals surface area (Å²) in [6.07, 6.45) is 34.1. The van der Waals surface area contributed by atoms with E-state index in [0.29, 0.717) is 0 Å². The summed E-state index contributed by atoms with van der Waals surface area (Å²) in [5.41, 5.74) is 0. The van der Waals surface area contributed by atoms with Gasteiger partial charge in [-0.25, -0.2) is 0 Å². The van der Waals surface area contributed by atoms with E-state index in [-0.39, 0.29) is 0 Å². The second-order valence-electron chi connectivity index (χ2n) is 8.50. The fourth-order valence-electron chi connectivity index (χ4n) is 3.90. The van der Waals surface area contributed by atoms with E-state index in [9.17, 15) is 0 Å². The number of rotatable bonds is 23. The Morgan fingerprint density at radius 1 is 0.308 bits per heavy atom. The van der Waals surface area contributed by atoms with Gasteiger partial charge in [-0.2, -0.15) is 0 Å². The molecule has 0 aliphatic heterocycles. The Labute approximate surface area is 181 Å². The number of hydrogen-bond acceptors (Lipinski definition) is 0. The molecule has 0 nitrogen and oxygen atoms in total. The zero-order chi connectivity index (χ0) is 19.0. The summed E-state index contributed by atoms with van der Waals surface area (Å²) in [4.78, 5) is 0. The molecule has 0 saturated carbocycles. The van der Waals surface area contributed by atoms with Crippen LogP contribution in [-0.2, 0) is 0 Å². The van der Waals surface area contributed by atoms with Crippen molar-refractivity contribution in [1.82, 2.24) is 0 Å². The van der Waals surface area contributed by atoms with Gasteiger partial charge in [-0.1, -0.05) is 84.0 Å². The normalized spacial score (nSPS) is 11.3. The molecule has 0 spiro atoms. The average molecular weight is 473 g/mol. The molecule has 0 aromatic heterocycles. The van der Waals surface area contributed by atoms with E-state index >= 15 is 0 Å². The fraction of sp³-hybridized carbons (Fsp3) is 1.00. The number of unbranched alkanes of at least 4 members (excludes halogenated alkanes) is 22. The first-order valence-electron chi connectivity index (χ1n) is 12.5. The van der Waals surface area contributed by atoms with Crippen molar-refractivity contribution in [3.8, 4) is 0 Å². The third-order valence-electron chi connectivity index (χ3n) is 5.76. The van der Waals surface area contributed by atoms with E-state index in [4.69, 9.17) is 0 Å². The topological polar surface area (TPSA) is 0 Å². The zero-order valence-electron chi connectivity index (χ0n) is 18.4. The van der Waals surface area contributed by atoms with Gasteiger partial charge >= 0.3 is 98.0 Å². The van der Waals surface area contributed by atoms with Gasteiger partial charge in [-0.05, 0) is 0 Å². The van der Waals surface area contributed by atoms with Crippen molar-refractivity contribution < 1.29 is 0 Å². The van der Waals surface area contributed by atoms with Crippen LogP contribution in [0, 0.1) is 0 Å². The van der Waals surface area contributed by atoms with Gasteiger partial charge in [0.25, 0.3) is 0 Å². The minimum absolute atomic E-state index is 1.37. The Morgan fingerprint density at radius 3 is 0.692 bits per heavy atom. The van der Waals surface area contributed by atoms with Crippen molar-refractivity contribution in [2.24, 2.45) is 0 Å². The Bertz CT molecular complexity index is 202. The fourth-order valence-corrected chi connectivity index (χ4v) is 4.54. The van der Waals surface area contributed by atoms with Crippen LogP contribution in [-0.4, -0.2) is 23.0 Å². The molecule has 0 saturated heterocycles. The first kappa shape index (κ1) is 26.8. The van der Waals surface area contributed by atoms with E-state index in [1.165, 1.54) is 152 Å². The molecule has 0 amide bonds. The Kier molecular flexibility index (Phi) is 26.6. The van der Waals surface area contributed by atoms with E-state index in [2.05, 4.69) is 6.92 Å². The van der Waals surface area contributed by atoms with Gasteiger partial charge in [0.05, 0.1) is 0 Å². The Balaban J connectivity index is 2.95. The zero-order valence-corrected chi connectivity index (χ0v) is 21.0. The summed E-state index contributed by atoms with van der Waals surface area (Å²) in [5.74, 6) is 0. The predicted molar refractivity (Wildman–Crippen MR) is 122 cm³/mol. The minimum atomic E-state index is 1.37. The molecule has 1 heteroatoms. The molecule has 0 aromatic carbocycles. The molecule has 0 aromatic rings. The first-order valence-corrected chi connectivity index (χ1v) is 14.3. The summed E-state index contributed by atoms with van der Waals surface area (Å²) in [6, 6.07) is 0. The summed E-state index contributed by atoms with van der Waals surface area (Å²) in [7, 11) is 0. The maximum atomic E-state index is 2.30. The summed E-state index contributed by atoms with van der Waals surface area (Å²) in [6.45, 7) is 2.30. The van der Waals surface area contributed by atoms with Crippen LogP contribution >= 0.6 is 0 Å². The van der Waals surface area contributed by atoms with Crippen molar-refractivity contribution >= 4 is 23.0 Å².